The average molecular weight is 112 g/mol. The van der Waals surface area contributed by atoms with E-state index in [1.165, 1.54) is 0 Å². The van der Waals surface area contributed by atoms with Crippen LogP contribution in [0.3, 0.4) is 0 Å². The van der Waals surface area contributed by atoms with Gasteiger partial charge in [-0.15, -0.1) is 0 Å². The van der Waals surface area contributed by atoms with E-state index in [1.807, 2.05) is 6.92 Å². The van der Waals surface area contributed by atoms with Gasteiger partial charge in [0.25, 0.3) is 0 Å². The zero-order chi connectivity index (χ0) is 5.98. The Morgan fingerprint density at radius 3 is 2.75 bits per heavy atom. The molecule has 0 bridgehead atoms. The molecule has 0 aromatic heterocycles. The highest BCUT2D eigenvalue weighted by Crippen LogP contribution is 2.10. The summed E-state index contributed by atoms with van der Waals surface area (Å²) < 4.78 is 10.1. The van der Waals surface area contributed by atoms with Crippen molar-refractivity contribution in [2.75, 3.05) is 6.61 Å². The van der Waals surface area contributed by atoms with Gasteiger partial charge in [0.05, 0.1) is 6.61 Å². The van der Waals surface area contributed by atoms with Gasteiger partial charge in [-0.3, -0.25) is 0 Å². The molecule has 0 aliphatic carbocycles. The van der Waals surface area contributed by atoms with E-state index in [1.54, 1.807) is 0 Å². The molecule has 0 spiro atoms. The van der Waals surface area contributed by atoms with Gasteiger partial charge in [-0.05, 0) is 6.42 Å². The molecule has 1 heterocycles. The summed E-state index contributed by atoms with van der Waals surface area (Å²) in [6.45, 7) is 2.54. The standard InChI is InChI=1S/C5H9BO2/c1-2-5-7-3-4(6)8-5/h4-5H,2-3H2,1H3/t4-,5-/m0/s1. The van der Waals surface area contributed by atoms with Crippen molar-refractivity contribution in [3.8, 4) is 0 Å². The highest BCUT2D eigenvalue weighted by molar-refractivity contribution is 6.11. The van der Waals surface area contributed by atoms with Crippen molar-refractivity contribution in [1.29, 1.82) is 0 Å². The summed E-state index contributed by atoms with van der Waals surface area (Å²) in [6, 6.07) is -0.194. The molecule has 0 aromatic carbocycles. The molecular formula is C5H9BO2. The van der Waals surface area contributed by atoms with Crippen LogP contribution in [0.1, 0.15) is 13.3 Å². The third kappa shape index (κ3) is 1.23. The van der Waals surface area contributed by atoms with Crippen LogP contribution in [0.2, 0.25) is 0 Å². The summed E-state index contributed by atoms with van der Waals surface area (Å²) >= 11 is 0. The summed E-state index contributed by atoms with van der Waals surface area (Å²) in [5.74, 6) is 0. The minimum Gasteiger partial charge on any atom is -0.357 e. The van der Waals surface area contributed by atoms with Crippen molar-refractivity contribution >= 4 is 7.85 Å². The topological polar surface area (TPSA) is 18.5 Å². The van der Waals surface area contributed by atoms with Gasteiger partial charge in [0, 0.05) is 6.00 Å². The Bertz CT molecular complexity index is 76.8. The van der Waals surface area contributed by atoms with Gasteiger partial charge in [0.15, 0.2) is 6.29 Å². The van der Waals surface area contributed by atoms with E-state index in [-0.39, 0.29) is 12.3 Å². The summed E-state index contributed by atoms with van der Waals surface area (Å²) in [5.41, 5.74) is 0. The predicted octanol–water partition coefficient (Wildman–Crippen LogP) is 0.264. The van der Waals surface area contributed by atoms with Crippen LogP contribution in [-0.4, -0.2) is 26.7 Å². The quantitative estimate of drug-likeness (QED) is 0.453. The van der Waals surface area contributed by atoms with E-state index in [4.69, 9.17) is 17.3 Å². The maximum absolute atomic E-state index is 5.35. The first-order chi connectivity index (χ1) is 3.83. The van der Waals surface area contributed by atoms with Crippen molar-refractivity contribution in [2.45, 2.75) is 25.6 Å². The van der Waals surface area contributed by atoms with Crippen molar-refractivity contribution in [3.05, 3.63) is 0 Å². The molecular weight excluding hydrogens is 103 g/mol. The second-order valence-electron chi connectivity index (χ2n) is 1.85. The molecule has 8 heavy (non-hydrogen) atoms. The third-order valence-electron chi connectivity index (χ3n) is 1.11. The molecule has 1 rings (SSSR count). The number of hydrogen-bond donors (Lipinski definition) is 0. The van der Waals surface area contributed by atoms with Crippen LogP contribution in [0.15, 0.2) is 0 Å². The number of ether oxygens (including phenoxy) is 2. The van der Waals surface area contributed by atoms with E-state index >= 15 is 0 Å². The van der Waals surface area contributed by atoms with E-state index in [2.05, 4.69) is 0 Å². The minimum absolute atomic E-state index is 0.0509. The zero-order valence-corrected chi connectivity index (χ0v) is 4.96. The molecule has 0 N–H and O–H groups in total. The lowest BCUT2D eigenvalue weighted by Gasteiger charge is -2.04. The van der Waals surface area contributed by atoms with Crippen molar-refractivity contribution in [3.63, 3.8) is 0 Å². The smallest absolute Gasteiger partial charge is 0.156 e. The van der Waals surface area contributed by atoms with E-state index in [0.717, 1.165) is 6.42 Å². The van der Waals surface area contributed by atoms with Crippen LogP contribution < -0.4 is 0 Å². The van der Waals surface area contributed by atoms with Crippen molar-refractivity contribution in [2.24, 2.45) is 0 Å². The van der Waals surface area contributed by atoms with Gasteiger partial charge in [-0.2, -0.15) is 0 Å². The van der Waals surface area contributed by atoms with Crippen LogP contribution in [-0.2, 0) is 9.47 Å². The Balaban J connectivity index is 2.22. The monoisotopic (exact) mass is 112 g/mol. The largest absolute Gasteiger partial charge is 0.357 e. The molecule has 1 saturated heterocycles. The Morgan fingerprint density at radius 2 is 2.50 bits per heavy atom. The van der Waals surface area contributed by atoms with Gasteiger partial charge < -0.3 is 9.47 Å². The normalized spacial score (nSPS) is 38.1. The van der Waals surface area contributed by atoms with E-state index in [9.17, 15) is 0 Å². The predicted molar refractivity (Wildman–Crippen MR) is 30.7 cm³/mol. The van der Waals surface area contributed by atoms with Crippen LogP contribution in [0, 0.1) is 0 Å². The Kier molecular flexibility index (Phi) is 1.92. The van der Waals surface area contributed by atoms with Gasteiger partial charge in [-0.25, -0.2) is 0 Å². The molecule has 0 saturated carbocycles. The highest BCUT2D eigenvalue weighted by Gasteiger charge is 2.19. The first kappa shape index (κ1) is 6.11. The van der Waals surface area contributed by atoms with Crippen LogP contribution in [0.25, 0.3) is 0 Å². The van der Waals surface area contributed by atoms with Crippen LogP contribution in [0.5, 0.6) is 0 Å². The third-order valence-corrected chi connectivity index (χ3v) is 1.11. The molecule has 2 radical (unpaired) electrons. The molecule has 44 valence electrons. The molecule has 1 aliphatic heterocycles. The fourth-order valence-corrected chi connectivity index (χ4v) is 0.690. The van der Waals surface area contributed by atoms with Crippen molar-refractivity contribution in [1.82, 2.24) is 0 Å². The van der Waals surface area contributed by atoms with Crippen LogP contribution >= 0.6 is 0 Å². The fraction of sp³-hybridized carbons (Fsp3) is 1.00. The van der Waals surface area contributed by atoms with Crippen LogP contribution in [0.4, 0.5) is 0 Å². The van der Waals surface area contributed by atoms with Gasteiger partial charge >= 0.3 is 0 Å². The summed E-state index contributed by atoms with van der Waals surface area (Å²) in [5, 5.41) is 0. The Morgan fingerprint density at radius 1 is 1.75 bits per heavy atom. The van der Waals surface area contributed by atoms with Gasteiger partial charge in [-0.1, -0.05) is 6.92 Å². The average Bonchev–Trinajstić information content (AvgIpc) is 2.14. The SMILES string of the molecule is [B][C@@H]1CO[C@H](CC)O1. The minimum atomic E-state index is -0.194. The highest BCUT2D eigenvalue weighted by atomic mass is 16.7. The molecule has 1 fully saturated rings. The molecule has 2 atom stereocenters. The van der Waals surface area contributed by atoms with Gasteiger partial charge in [0.1, 0.15) is 7.85 Å². The van der Waals surface area contributed by atoms with E-state index < -0.39 is 0 Å². The molecule has 2 nitrogen and oxygen atoms in total. The number of rotatable bonds is 1. The Labute approximate surface area is 50.6 Å². The summed E-state index contributed by atoms with van der Waals surface area (Å²) in [4.78, 5) is 0. The second kappa shape index (κ2) is 2.51. The lowest BCUT2D eigenvalue weighted by atomic mass is 10.0. The zero-order valence-electron chi connectivity index (χ0n) is 4.96. The maximum Gasteiger partial charge on any atom is 0.156 e. The molecule has 0 amide bonds. The first-order valence-corrected chi connectivity index (χ1v) is 2.85. The fourth-order valence-electron chi connectivity index (χ4n) is 0.690. The first-order valence-electron chi connectivity index (χ1n) is 2.85. The summed E-state index contributed by atoms with van der Waals surface area (Å²) in [6.07, 6.45) is 0.832. The van der Waals surface area contributed by atoms with Gasteiger partial charge in [0.2, 0.25) is 0 Å². The second-order valence-corrected chi connectivity index (χ2v) is 1.85. The Hall–Kier alpha value is -0.0151. The molecule has 0 aromatic rings. The number of hydrogen-bond acceptors (Lipinski definition) is 2. The molecule has 0 unspecified atom stereocenters. The summed E-state index contributed by atoms with van der Waals surface area (Å²) in [7, 11) is 5.35. The van der Waals surface area contributed by atoms with E-state index in [0.29, 0.717) is 6.61 Å². The molecule has 3 heteroatoms. The van der Waals surface area contributed by atoms with Crippen molar-refractivity contribution < 1.29 is 9.47 Å². The lowest BCUT2D eigenvalue weighted by Crippen LogP contribution is -2.10. The molecule has 1 aliphatic rings. The maximum atomic E-state index is 5.35. The lowest BCUT2D eigenvalue weighted by molar-refractivity contribution is -0.0480.